The Bertz CT molecular complexity index is 1670. The van der Waals surface area contributed by atoms with Crippen molar-refractivity contribution in [1.82, 2.24) is 10.3 Å². The van der Waals surface area contributed by atoms with E-state index in [0.29, 0.717) is 12.0 Å². The Labute approximate surface area is 267 Å². The molecule has 2 unspecified atom stereocenters. The molecule has 0 aliphatic heterocycles. The maximum atomic E-state index is 13.9. The third-order valence-corrected chi connectivity index (χ3v) is 8.40. The maximum Gasteiger partial charge on any atom is 0.329 e. The molecule has 5 aromatic rings. The molecule has 0 radical (unpaired) electrons. The van der Waals surface area contributed by atoms with Crippen LogP contribution >= 0.6 is 11.8 Å². The van der Waals surface area contributed by atoms with Crippen molar-refractivity contribution in [2.45, 2.75) is 25.5 Å². The molecule has 0 aliphatic carbocycles. The molecular weight excluding hydrogens is 580 g/mol. The summed E-state index contributed by atoms with van der Waals surface area (Å²) >= 11 is 1.11. The molecule has 226 valence electrons. The van der Waals surface area contributed by atoms with Crippen LogP contribution < -0.4 is 5.32 Å². The summed E-state index contributed by atoms with van der Waals surface area (Å²) in [6, 6.07) is 38.9. The monoisotopic (exact) mass is 614 g/mol. The lowest BCUT2D eigenvalue weighted by Crippen LogP contribution is -2.46. The number of nitrogens with zero attached hydrogens (tertiary/aromatic N) is 1. The number of pyridine rings is 1. The van der Waals surface area contributed by atoms with Gasteiger partial charge in [-0.05, 0) is 40.3 Å². The van der Waals surface area contributed by atoms with Crippen LogP contribution in [-0.2, 0) is 33.8 Å². The number of carbonyl (C=O) groups is 3. The van der Waals surface area contributed by atoms with Crippen LogP contribution in [0, 0.1) is 5.92 Å². The van der Waals surface area contributed by atoms with Gasteiger partial charge in [-0.3, -0.25) is 14.6 Å². The summed E-state index contributed by atoms with van der Waals surface area (Å²) in [4.78, 5) is 44.4. The average Bonchev–Trinajstić information content (AvgIpc) is 3.10. The number of amides is 1. The van der Waals surface area contributed by atoms with Crippen molar-refractivity contribution in [3.63, 3.8) is 0 Å². The van der Waals surface area contributed by atoms with Gasteiger partial charge in [0, 0.05) is 30.1 Å². The fraction of sp³-hybridized carbons (Fsp3) is 0.158. The highest BCUT2D eigenvalue weighted by atomic mass is 32.2. The highest BCUT2D eigenvalue weighted by molar-refractivity contribution is 8.14. The largest absolute Gasteiger partial charge is 0.459 e. The lowest BCUT2D eigenvalue weighted by molar-refractivity contribution is -0.149. The van der Waals surface area contributed by atoms with Crippen LogP contribution in [0.4, 0.5) is 0 Å². The van der Waals surface area contributed by atoms with Gasteiger partial charge >= 0.3 is 5.97 Å². The summed E-state index contributed by atoms with van der Waals surface area (Å²) in [6.07, 6.45) is 4.20. The normalized spacial score (nSPS) is 12.1. The van der Waals surface area contributed by atoms with Crippen LogP contribution in [0.25, 0.3) is 11.1 Å². The zero-order valence-electron chi connectivity index (χ0n) is 24.8. The Morgan fingerprint density at radius 1 is 0.667 bits per heavy atom. The number of hydrogen-bond acceptors (Lipinski definition) is 6. The van der Waals surface area contributed by atoms with Gasteiger partial charge in [0.2, 0.25) is 11.0 Å². The minimum atomic E-state index is -0.918. The molecule has 6 nitrogen and oxygen atoms in total. The third kappa shape index (κ3) is 9.49. The zero-order chi connectivity index (χ0) is 31.3. The number of ether oxygens (including phenoxy) is 1. The number of aromatic nitrogens is 1. The lowest BCUT2D eigenvalue weighted by Gasteiger charge is -2.22. The number of nitrogens with one attached hydrogen (secondary N) is 1. The van der Waals surface area contributed by atoms with E-state index in [4.69, 9.17) is 4.74 Å². The summed E-state index contributed by atoms with van der Waals surface area (Å²) in [5, 5.41) is 2.88. The average molecular weight is 615 g/mol. The molecule has 2 atom stereocenters. The third-order valence-electron chi connectivity index (χ3n) is 7.33. The summed E-state index contributed by atoms with van der Waals surface area (Å²) in [7, 11) is 0. The molecule has 0 saturated heterocycles. The van der Waals surface area contributed by atoms with Gasteiger partial charge in [0.1, 0.15) is 12.6 Å². The molecule has 1 amide bonds. The highest BCUT2D eigenvalue weighted by Gasteiger charge is 2.28. The van der Waals surface area contributed by atoms with Crippen molar-refractivity contribution >= 4 is 28.8 Å². The maximum absolute atomic E-state index is 13.9. The molecule has 45 heavy (non-hydrogen) atoms. The molecule has 1 heterocycles. The number of benzene rings is 4. The smallest absolute Gasteiger partial charge is 0.329 e. The Kier molecular flexibility index (Phi) is 11.3. The standard InChI is InChI=1S/C38H34N2O4S/c41-36(34(23-28-11-4-1-5-12-28)27-45-38(43)32-15-8-3-9-16-32)40-35(37(42)44-26-30-13-6-2-7-14-30)24-29-18-20-31(21-19-29)33-17-10-22-39-25-33/h1-22,25,34-35H,23-24,26-27H2,(H,40,41). The van der Waals surface area contributed by atoms with E-state index >= 15 is 0 Å². The number of carbonyl (C=O) groups excluding carboxylic acids is 3. The van der Waals surface area contributed by atoms with E-state index in [1.165, 1.54) is 0 Å². The molecule has 0 fully saturated rings. The first-order valence-corrected chi connectivity index (χ1v) is 15.8. The number of esters is 1. The molecule has 0 bridgehead atoms. The van der Waals surface area contributed by atoms with Crippen molar-refractivity contribution < 1.29 is 19.1 Å². The Hall–Kier alpha value is -5.01. The van der Waals surface area contributed by atoms with Crippen molar-refractivity contribution in [3.05, 3.63) is 162 Å². The van der Waals surface area contributed by atoms with E-state index < -0.39 is 17.9 Å². The minimum Gasteiger partial charge on any atom is -0.459 e. The van der Waals surface area contributed by atoms with Gasteiger partial charge in [0.15, 0.2) is 0 Å². The summed E-state index contributed by atoms with van der Waals surface area (Å²) in [5.41, 5.74) is 5.27. The number of thioether (sulfide) groups is 1. The minimum absolute atomic E-state index is 0.0981. The number of rotatable bonds is 13. The second-order valence-corrected chi connectivity index (χ2v) is 11.6. The molecule has 0 saturated carbocycles. The van der Waals surface area contributed by atoms with Gasteiger partial charge in [0.05, 0.1) is 5.92 Å². The molecule has 5 rings (SSSR count). The summed E-state index contributed by atoms with van der Waals surface area (Å²) in [5.74, 6) is -1.11. The molecule has 7 heteroatoms. The lowest BCUT2D eigenvalue weighted by atomic mass is 9.98. The van der Waals surface area contributed by atoms with Gasteiger partial charge in [-0.25, -0.2) is 4.79 Å². The van der Waals surface area contributed by atoms with E-state index in [2.05, 4.69) is 10.3 Å². The van der Waals surface area contributed by atoms with Crippen LogP contribution in [-0.4, -0.2) is 33.8 Å². The van der Waals surface area contributed by atoms with Crippen LogP contribution in [0.3, 0.4) is 0 Å². The molecule has 1 N–H and O–H groups in total. The van der Waals surface area contributed by atoms with Gasteiger partial charge in [0.25, 0.3) is 0 Å². The van der Waals surface area contributed by atoms with Gasteiger partial charge in [-0.15, -0.1) is 0 Å². The molecule has 0 aliphatic rings. The van der Waals surface area contributed by atoms with E-state index in [1.54, 1.807) is 24.5 Å². The SMILES string of the molecule is O=C(SCC(Cc1ccccc1)C(=O)NC(Cc1ccc(-c2cccnc2)cc1)C(=O)OCc1ccccc1)c1ccccc1. The fourth-order valence-corrected chi connectivity index (χ4v) is 5.80. The van der Waals surface area contributed by atoms with Crippen molar-refractivity contribution in [2.75, 3.05) is 5.75 Å². The predicted molar refractivity (Wildman–Crippen MR) is 178 cm³/mol. The van der Waals surface area contributed by atoms with Gasteiger partial charge in [-0.2, -0.15) is 0 Å². The van der Waals surface area contributed by atoms with Crippen LogP contribution in [0.1, 0.15) is 27.0 Å². The van der Waals surface area contributed by atoms with E-state index in [9.17, 15) is 14.4 Å². The molecule has 4 aromatic carbocycles. The Balaban J connectivity index is 1.33. The quantitative estimate of drug-likeness (QED) is 0.145. The Morgan fingerprint density at radius 3 is 1.93 bits per heavy atom. The van der Waals surface area contributed by atoms with Crippen LogP contribution in [0.5, 0.6) is 0 Å². The molecular formula is C38H34N2O4S. The second kappa shape index (κ2) is 16.2. The summed E-state index contributed by atoms with van der Waals surface area (Å²) < 4.78 is 5.69. The van der Waals surface area contributed by atoms with Crippen LogP contribution in [0.15, 0.2) is 140 Å². The van der Waals surface area contributed by atoms with Crippen LogP contribution in [0.2, 0.25) is 0 Å². The van der Waals surface area contributed by atoms with Crippen molar-refractivity contribution in [1.29, 1.82) is 0 Å². The first kappa shape index (κ1) is 31.4. The molecule has 0 spiro atoms. The second-order valence-electron chi connectivity index (χ2n) is 10.6. The topological polar surface area (TPSA) is 85.4 Å². The van der Waals surface area contributed by atoms with E-state index in [-0.39, 0.29) is 29.8 Å². The molecule has 1 aromatic heterocycles. The van der Waals surface area contributed by atoms with Crippen molar-refractivity contribution in [2.24, 2.45) is 5.92 Å². The summed E-state index contributed by atoms with van der Waals surface area (Å²) in [6.45, 7) is 0.0981. The fourth-order valence-electron chi connectivity index (χ4n) is 4.87. The van der Waals surface area contributed by atoms with Gasteiger partial charge in [-0.1, -0.05) is 133 Å². The first-order valence-electron chi connectivity index (χ1n) is 14.8. The highest BCUT2D eigenvalue weighted by Crippen LogP contribution is 2.22. The van der Waals surface area contributed by atoms with E-state index in [0.717, 1.165) is 39.6 Å². The predicted octanol–water partition coefficient (Wildman–Crippen LogP) is 6.95. The first-order chi connectivity index (χ1) is 22.0. The van der Waals surface area contributed by atoms with Gasteiger partial charge < -0.3 is 10.1 Å². The van der Waals surface area contributed by atoms with E-state index in [1.807, 2.05) is 115 Å². The zero-order valence-corrected chi connectivity index (χ0v) is 25.6. The number of hydrogen-bond donors (Lipinski definition) is 1. The van der Waals surface area contributed by atoms with Crippen molar-refractivity contribution in [3.8, 4) is 11.1 Å². The Morgan fingerprint density at radius 2 is 1.29 bits per heavy atom.